The smallest absolute Gasteiger partial charge is 0.269 e. The van der Waals surface area contributed by atoms with Crippen LogP contribution >= 0.6 is 0 Å². The van der Waals surface area contributed by atoms with Gasteiger partial charge in [0.15, 0.2) is 11.5 Å². The van der Waals surface area contributed by atoms with Gasteiger partial charge in [-0.3, -0.25) is 9.78 Å². The van der Waals surface area contributed by atoms with Gasteiger partial charge in [0.1, 0.15) is 6.61 Å². The van der Waals surface area contributed by atoms with E-state index in [0.717, 1.165) is 21.9 Å². The van der Waals surface area contributed by atoms with Gasteiger partial charge < -0.3 is 14.8 Å². The predicted molar refractivity (Wildman–Crippen MR) is 112 cm³/mol. The Kier molecular flexibility index (Phi) is 4.33. The summed E-state index contributed by atoms with van der Waals surface area (Å²) >= 11 is 0. The lowest BCUT2D eigenvalue weighted by Gasteiger charge is -2.26. The minimum atomic E-state index is -0.705. The first-order valence-corrected chi connectivity index (χ1v) is 9.40. The first kappa shape index (κ1) is 17.3. The van der Waals surface area contributed by atoms with E-state index in [4.69, 9.17) is 9.47 Å². The third-order valence-electron chi connectivity index (χ3n) is 4.95. The quantitative estimate of drug-likeness (QED) is 0.559. The number of ether oxygens (including phenoxy) is 2. The molecule has 142 valence electrons. The van der Waals surface area contributed by atoms with Crippen LogP contribution in [0.15, 0.2) is 85.2 Å². The van der Waals surface area contributed by atoms with Gasteiger partial charge in [0, 0.05) is 23.5 Å². The Morgan fingerprint density at radius 3 is 2.48 bits per heavy atom. The van der Waals surface area contributed by atoms with Gasteiger partial charge in [0.2, 0.25) is 6.10 Å². The van der Waals surface area contributed by atoms with Crippen LogP contribution < -0.4 is 14.8 Å². The number of anilines is 1. The minimum Gasteiger partial charge on any atom is -0.485 e. The topological polar surface area (TPSA) is 60.5 Å². The summed E-state index contributed by atoms with van der Waals surface area (Å²) in [5.41, 5.74) is 2.84. The van der Waals surface area contributed by atoms with Gasteiger partial charge in [0.25, 0.3) is 5.91 Å². The maximum Gasteiger partial charge on any atom is 0.269 e. The van der Waals surface area contributed by atoms with Crippen LogP contribution in [0.5, 0.6) is 11.5 Å². The number of pyridine rings is 1. The van der Waals surface area contributed by atoms with Crippen LogP contribution in [0.3, 0.4) is 0 Å². The van der Waals surface area contributed by atoms with E-state index in [9.17, 15) is 4.79 Å². The highest BCUT2D eigenvalue weighted by Crippen LogP contribution is 2.38. The van der Waals surface area contributed by atoms with E-state index in [1.165, 1.54) is 0 Å². The number of nitrogens with zero attached hydrogens (tertiary/aromatic N) is 1. The van der Waals surface area contributed by atoms with Gasteiger partial charge in [0.05, 0.1) is 0 Å². The fraction of sp³-hybridized carbons (Fsp3) is 0.0833. The maximum absolute atomic E-state index is 12.7. The van der Waals surface area contributed by atoms with Gasteiger partial charge in [-0.2, -0.15) is 0 Å². The number of hydrogen-bond donors (Lipinski definition) is 1. The van der Waals surface area contributed by atoms with E-state index in [-0.39, 0.29) is 12.5 Å². The number of rotatable bonds is 3. The molecule has 1 N–H and O–H groups in total. The Balaban J connectivity index is 1.30. The lowest BCUT2D eigenvalue weighted by molar-refractivity contribution is -0.125. The zero-order valence-corrected chi connectivity index (χ0v) is 15.5. The van der Waals surface area contributed by atoms with Crippen molar-refractivity contribution in [3.05, 3.63) is 85.2 Å². The van der Waals surface area contributed by atoms with Crippen LogP contribution in [0.2, 0.25) is 0 Å². The second-order valence-corrected chi connectivity index (χ2v) is 6.83. The molecule has 0 saturated carbocycles. The van der Waals surface area contributed by atoms with Crippen LogP contribution in [-0.2, 0) is 4.79 Å². The summed E-state index contributed by atoms with van der Waals surface area (Å²) in [6.45, 7) is 0.169. The summed E-state index contributed by atoms with van der Waals surface area (Å²) in [6, 6.07) is 23.3. The molecule has 2 heterocycles. The minimum absolute atomic E-state index is 0.169. The van der Waals surface area contributed by atoms with E-state index >= 15 is 0 Å². The zero-order chi connectivity index (χ0) is 19.6. The molecule has 5 nitrogen and oxygen atoms in total. The molecule has 0 saturated heterocycles. The molecule has 29 heavy (non-hydrogen) atoms. The van der Waals surface area contributed by atoms with Crippen LogP contribution in [0.4, 0.5) is 5.69 Å². The highest BCUT2D eigenvalue weighted by atomic mass is 16.6. The number of amides is 1. The molecule has 0 bridgehead atoms. The van der Waals surface area contributed by atoms with E-state index in [1.54, 1.807) is 12.4 Å². The highest BCUT2D eigenvalue weighted by Gasteiger charge is 2.28. The molecule has 5 heteroatoms. The number of hydrogen-bond acceptors (Lipinski definition) is 4. The molecular weight excluding hydrogens is 364 g/mol. The van der Waals surface area contributed by atoms with Crippen LogP contribution in [0, 0.1) is 0 Å². The summed E-state index contributed by atoms with van der Waals surface area (Å²) in [4.78, 5) is 16.7. The normalized spacial score (nSPS) is 15.1. The van der Waals surface area contributed by atoms with Crippen LogP contribution in [0.25, 0.3) is 21.9 Å². The Bertz CT molecular complexity index is 1170. The summed E-state index contributed by atoms with van der Waals surface area (Å²) in [6.07, 6.45) is 2.81. The fourth-order valence-corrected chi connectivity index (χ4v) is 3.45. The monoisotopic (exact) mass is 382 g/mol. The fourth-order valence-electron chi connectivity index (χ4n) is 3.45. The summed E-state index contributed by atoms with van der Waals surface area (Å²) in [7, 11) is 0. The second kappa shape index (κ2) is 7.28. The van der Waals surface area contributed by atoms with Crippen molar-refractivity contribution in [1.29, 1.82) is 0 Å². The number of carbonyl (C=O) groups excluding carboxylic acids is 1. The van der Waals surface area contributed by atoms with Crippen molar-refractivity contribution in [2.24, 2.45) is 0 Å². The SMILES string of the molecule is O=C(Nc1ccc(-c2ccncc2)cc1)C1COc2c(ccc3ccccc23)O1. The standard InChI is InChI=1S/C24H18N2O3/c27-24(26-19-8-5-16(6-9-19)17-11-13-25-14-12-17)22-15-28-23-20-4-2-1-3-18(20)7-10-21(23)29-22/h1-14,22H,15H2,(H,26,27). The van der Waals surface area contributed by atoms with Crippen molar-refractivity contribution in [3.63, 3.8) is 0 Å². The average molecular weight is 382 g/mol. The number of nitrogens with one attached hydrogen (secondary N) is 1. The van der Waals surface area contributed by atoms with Gasteiger partial charge in [-0.15, -0.1) is 0 Å². The van der Waals surface area contributed by atoms with Crippen molar-refractivity contribution in [1.82, 2.24) is 4.98 Å². The molecule has 4 aromatic rings. The first-order chi connectivity index (χ1) is 14.3. The average Bonchev–Trinajstić information content (AvgIpc) is 2.79. The predicted octanol–water partition coefficient (Wildman–Crippen LogP) is 4.68. The van der Waals surface area contributed by atoms with Crippen molar-refractivity contribution in [2.45, 2.75) is 6.10 Å². The van der Waals surface area contributed by atoms with E-state index in [0.29, 0.717) is 17.2 Å². The maximum atomic E-state index is 12.7. The molecule has 0 spiro atoms. The molecule has 5 rings (SSSR count). The molecule has 1 aliphatic rings. The Hall–Kier alpha value is -3.86. The van der Waals surface area contributed by atoms with Gasteiger partial charge in [-0.1, -0.05) is 42.5 Å². The van der Waals surface area contributed by atoms with E-state index in [2.05, 4.69) is 10.3 Å². The molecule has 1 atom stereocenters. The molecular formula is C24H18N2O3. The summed E-state index contributed by atoms with van der Waals surface area (Å²) < 4.78 is 11.8. The zero-order valence-electron chi connectivity index (χ0n) is 15.5. The van der Waals surface area contributed by atoms with Gasteiger partial charge in [-0.05, 0) is 46.8 Å². The number of carbonyl (C=O) groups is 1. The van der Waals surface area contributed by atoms with Crippen molar-refractivity contribution < 1.29 is 14.3 Å². The van der Waals surface area contributed by atoms with E-state index < -0.39 is 6.10 Å². The van der Waals surface area contributed by atoms with Crippen molar-refractivity contribution in [3.8, 4) is 22.6 Å². The molecule has 0 fully saturated rings. The molecule has 0 radical (unpaired) electrons. The molecule has 1 amide bonds. The molecule has 3 aromatic carbocycles. The molecule has 1 aromatic heterocycles. The first-order valence-electron chi connectivity index (χ1n) is 9.40. The molecule has 1 unspecified atom stereocenters. The van der Waals surface area contributed by atoms with Crippen LogP contribution in [-0.4, -0.2) is 23.6 Å². The van der Waals surface area contributed by atoms with Crippen LogP contribution in [0.1, 0.15) is 0 Å². The van der Waals surface area contributed by atoms with Gasteiger partial charge in [-0.25, -0.2) is 0 Å². The Morgan fingerprint density at radius 1 is 0.897 bits per heavy atom. The second-order valence-electron chi connectivity index (χ2n) is 6.83. The Labute approximate surface area is 167 Å². The van der Waals surface area contributed by atoms with Crippen molar-refractivity contribution in [2.75, 3.05) is 11.9 Å². The number of aromatic nitrogens is 1. The summed E-state index contributed by atoms with van der Waals surface area (Å²) in [5.74, 6) is 1.04. The summed E-state index contributed by atoms with van der Waals surface area (Å²) in [5, 5.41) is 4.96. The number of fused-ring (bicyclic) bond motifs is 3. The largest absolute Gasteiger partial charge is 0.485 e. The lowest BCUT2D eigenvalue weighted by atomic mass is 10.1. The third kappa shape index (κ3) is 3.38. The van der Waals surface area contributed by atoms with E-state index in [1.807, 2.05) is 72.8 Å². The highest BCUT2D eigenvalue weighted by molar-refractivity contribution is 5.96. The Morgan fingerprint density at radius 2 is 1.66 bits per heavy atom. The van der Waals surface area contributed by atoms with Crippen molar-refractivity contribution >= 4 is 22.4 Å². The molecule has 0 aliphatic carbocycles. The lowest BCUT2D eigenvalue weighted by Crippen LogP contribution is -2.40. The third-order valence-corrected chi connectivity index (χ3v) is 4.95. The van der Waals surface area contributed by atoms with Gasteiger partial charge >= 0.3 is 0 Å². The number of benzene rings is 3. The molecule has 1 aliphatic heterocycles.